The molecular weight excluding hydrogens is 276 g/mol. The molecule has 3 rings (SSSR count). The largest absolute Gasteiger partial charge is 0.367 e. The van der Waals surface area contributed by atoms with E-state index in [2.05, 4.69) is 27.9 Å². The van der Waals surface area contributed by atoms with Crippen LogP contribution in [0.1, 0.15) is 11.6 Å². The van der Waals surface area contributed by atoms with Crippen LogP contribution in [-0.2, 0) is 0 Å². The average Bonchev–Trinajstić information content (AvgIpc) is 2.89. The van der Waals surface area contributed by atoms with E-state index in [1.165, 1.54) is 17.1 Å². The molecule has 0 aliphatic heterocycles. The van der Waals surface area contributed by atoms with Gasteiger partial charge in [0.2, 0.25) is 0 Å². The lowest BCUT2D eigenvalue weighted by molar-refractivity contribution is 0.900. The van der Waals surface area contributed by atoms with Crippen molar-refractivity contribution in [1.82, 2.24) is 4.37 Å². The van der Waals surface area contributed by atoms with E-state index in [1.54, 1.807) is 0 Å². The van der Waals surface area contributed by atoms with Crippen molar-refractivity contribution in [1.29, 1.82) is 0 Å². The summed E-state index contributed by atoms with van der Waals surface area (Å²) in [6, 6.07) is 18.5. The Morgan fingerprint density at radius 1 is 1.05 bits per heavy atom. The van der Waals surface area contributed by atoms with E-state index in [0.717, 1.165) is 15.9 Å². The standard InChI is InChI=1S/C15H13ClN2S/c16-10-14(11-6-2-1-3-7-11)17-15-12-8-4-5-9-13(12)18-19-15/h1-9,14,17H,10H2. The summed E-state index contributed by atoms with van der Waals surface area (Å²) >= 11 is 7.57. The number of rotatable bonds is 4. The maximum atomic E-state index is 6.09. The third kappa shape index (κ3) is 2.57. The van der Waals surface area contributed by atoms with Gasteiger partial charge in [0, 0.05) is 11.3 Å². The molecule has 0 bridgehead atoms. The van der Waals surface area contributed by atoms with Gasteiger partial charge in [0.1, 0.15) is 5.00 Å². The molecule has 0 saturated heterocycles. The fourth-order valence-electron chi connectivity index (χ4n) is 2.05. The highest BCUT2D eigenvalue weighted by Crippen LogP contribution is 2.31. The molecule has 1 heterocycles. The Labute approximate surface area is 121 Å². The summed E-state index contributed by atoms with van der Waals surface area (Å²) in [7, 11) is 0. The molecule has 4 heteroatoms. The van der Waals surface area contributed by atoms with E-state index < -0.39 is 0 Å². The maximum absolute atomic E-state index is 6.09. The number of nitrogens with one attached hydrogen (secondary N) is 1. The Bertz CT molecular complexity index is 666. The molecule has 2 nitrogen and oxygen atoms in total. The van der Waals surface area contributed by atoms with Crippen LogP contribution >= 0.6 is 23.1 Å². The van der Waals surface area contributed by atoms with Gasteiger partial charge in [0.15, 0.2) is 0 Å². The number of aromatic nitrogens is 1. The number of hydrogen-bond donors (Lipinski definition) is 1. The molecule has 2 aromatic carbocycles. The van der Waals surface area contributed by atoms with Gasteiger partial charge in [-0.05, 0) is 29.2 Å². The van der Waals surface area contributed by atoms with Gasteiger partial charge in [-0.2, -0.15) is 4.37 Å². The van der Waals surface area contributed by atoms with E-state index >= 15 is 0 Å². The van der Waals surface area contributed by atoms with Gasteiger partial charge < -0.3 is 5.32 Å². The highest BCUT2D eigenvalue weighted by molar-refractivity contribution is 7.11. The van der Waals surface area contributed by atoms with Crippen LogP contribution in [0, 0.1) is 0 Å². The van der Waals surface area contributed by atoms with Crippen molar-refractivity contribution in [2.75, 3.05) is 11.2 Å². The minimum absolute atomic E-state index is 0.103. The number of benzene rings is 2. The monoisotopic (exact) mass is 288 g/mol. The van der Waals surface area contributed by atoms with Crippen LogP contribution in [0.3, 0.4) is 0 Å². The van der Waals surface area contributed by atoms with E-state index in [1.807, 2.05) is 36.4 Å². The maximum Gasteiger partial charge on any atom is 0.117 e. The second-order valence-electron chi connectivity index (χ2n) is 4.29. The first-order valence-corrected chi connectivity index (χ1v) is 7.41. The third-order valence-corrected chi connectivity index (χ3v) is 4.16. The predicted octanol–water partition coefficient (Wildman–Crippen LogP) is 4.69. The normalized spacial score (nSPS) is 12.5. The van der Waals surface area contributed by atoms with Crippen LogP contribution in [0.2, 0.25) is 0 Å². The van der Waals surface area contributed by atoms with Gasteiger partial charge >= 0.3 is 0 Å². The molecule has 3 aromatic rings. The van der Waals surface area contributed by atoms with Gasteiger partial charge in [0.25, 0.3) is 0 Å². The Morgan fingerprint density at radius 3 is 2.58 bits per heavy atom. The molecule has 0 aliphatic carbocycles. The first kappa shape index (κ1) is 12.5. The van der Waals surface area contributed by atoms with E-state index in [-0.39, 0.29) is 6.04 Å². The summed E-state index contributed by atoms with van der Waals surface area (Å²) in [6.07, 6.45) is 0. The smallest absolute Gasteiger partial charge is 0.117 e. The molecule has 1 N–H and O–H groups in total. The molecule has 1 aromatic heterocycles. The lowest BCUT2D eigenvalue weighted by Crippen LogP contribution is -2.11. The minimum atomic E-state index is 0.103. The number of alkyl halides is 1. The van der Waals surface area contributed by atoms with E-state index in [9.17, 15) is 0 Å². The van der Waals surface area contributed by atoms with Crippen molar-refractivity contribution in [2.24, 2.45) is 0 Å². The van der Waals surface area contributed by atoms with Gasteiger partial charge in [-0.3, -0.25) is 0 Å². The molecular formula is C15H13ClN2S. The molecule has 0 amide bonds. The SMILES string of the molecule is ClCC(Nc1snc2ccccc12)c1ccccc1. The summed E-state index contributed by atoms with van der Waals surface area (Å²) in [6.45, 7) is 0. The van der Waals surface area contributed by atoms with Crippen LogP contribution in [0.15, 0.2) is 54.6 Å². The Hall–Kier alpha value is -1.58. The summed E-state index contributed by atoms with van der Waals surface area (Å²) < 4.78 is 4.44. The molecule has 0 aliphatic rings. The summed E-state index contributed by atoms with van der Waals surface area (Å²) in [5, 5.41) is 5.72. The van der Waals surface area contributed by atoms with Gasteiger partial charge in [0.05, 0.1) is 11.6 Å². The fourth-order valence-corrected chi connectivity index (χ4v) is 3.12. The lowest BCUT2D eigenvalue weighted by Gasteiger charge is -2.16. The summed E-state index contributed by atoms with van der Waals surface area (Å²) in [4.78, 5) is 0. The number of hydrogen-bond acceptors (Lipinski definition) is 3. The summed E-state index contributed by atoms with van der Waals surface area (Å²) in [5.41, 5.74) is 2.21. The zero-order chi connectivity index (χ0) is 13.1. The highest BCUT2D eigenvalue weighted by atomic mass is 35.5. The molecule has 0 radical (unpaired) electrons. The minimum Gasteiger partial charge on any atom is -0.367 e. The van der Waals surface area contributed by atoms with Crippen molar-refractivity contribution < 1.29 is 0 Å². The second-order valence-corrected chi connectivity index (χ2v) is 5.37. The number of nitrogens with zero attached hydrogens (tertiary/aromatic N) is 1. The zero-order valence-electron chi connectivity index (χ0n) is 10.2. The molecule has 96 valence electrons. The number of fused-ring (bicyclic) bond motifs is 1. The first-order chi connectivity index (χ1) is 9.38. The number of anilines is 1. The third-order valence-electron chi connectivity index (χ3n) is 3.05. The van der Waals surface area contributed by atoms with E-state index in [4.69, 9.17) is 11.6 Å². The highest BCUT2D eigenvalue weighted by Gasteiger charge is 2.13. The molecule has 0 spiro atoms. The second kappa shape index (κ2) is 5.59. The van der Waals surface area contributed by atoms with Crippen LogP contribution in [-0.4, -0.2) is 10.3 Å². The molecule has 0 fully saturated rings. The van der Waals surface area contributed by atoms with Crippen molar-refractivity contribution in [3.05, 3.63) is 60.2 Å². The average molecular weight is 289 g/mol. The van der Waals surface area contributed by atoms with Crippen LogP contribution in [0.25, 0.3) is 10.9 Å². The molecule has 19 heavy (non-hydrogen) atoms. The molecule has 0 saturated carbocycles. The fraction of sp³-hybridized carbons (Fsp3) is 0.133. The van der Waals surface area contributed by atoms with Gasteiger partial charge in [-0.1, -0.05) is 42.5 Å². The Balaban J connectivity index is 1.91. The van der Waals surface area contributed by atoms with Crippen LogP contribution < -0.4 is 5.32 Å². The van der Waals surface area contributed by atoms with Crippen molar-refractivity contribution in [3.8, 4) is 0 Å². The van der Waals surface area contributed by atoms with E-state index in [0.29, 0.717) is 5.88 Å². The Morgan fingerprint density at radius 2 is 1.79 bits per heavy atom. The first-order valence-electron chi connectivity index (χ1n) is 6.10. The number of halogens is 1. The van der Waals surface area contributed by atoms with Gasteiger partial charge in [-0.15, -0.1) is 11.6 Å². The van der Waals surface area contributed by atoms with Crippen LogP contribution in [0.5, 0.6) is 0 Å². The Kier molecular flexibility index (Phi) is 3.67. The van der Waals surface area contributed by atoms with Crippen molar-refractivity contribution in [2.45, 2.75) is 6.04 Å². The quantitative estimate of drug-likeness (QED) is 0.705. The summed E-state index contributed by atoms with van der Waals surface area (Å²) in [5.74, 6) is 0.524. The van der Waals surface area contributed by atoms with Crippen LogP contribution in [0.4, 0.5) is 5.00 Å². The van der Waals surface area contributed by atoms with Crippen molar-refractivity contribution in [3.63, 3.8) is 0 Å². The van der Waals surface area contributed by atoms with Crippen molar-refractivity contribution >= 4 is 39.0 Å². The molecule has 1 atom stereocenters. The topological polar surface area (TPSA) is 24.9 Å². The molecule has 1 unspecified atom stereocenters. The van der Waals surface area contributed by atoms with Gasteiger partial charge in [-0.25, -0.2) is 0 Å². The zero-order valence-corrected chi connectivity index (χ0v) is 11.8. The predicted molar refractivity (Wildman–Crippen MR) is 83.1 cm³/mol. The lowest BCUT2D eigenvalue weighted by atomic mass is 10.1.